The van der Waals surface area contributed by atoms with Crippen molar-refractivity contribution in [1.82, 2.24) is 10.2 Å². The molecule has 0 unspecified atom stereocenters. The van der Waals surface area contributed by atoms with E-state index in [1.807, 2.05) is 6.92 Å². The van der Waals surface area contributed by atoms with E-state index in [0.29, 0.717) is 25.3 Å². The zero-order valence-corrected chi connectivity index (χ0v) is 13.9. The van der Waals surface area contributed by atoms with Crippen LogP contribution in [-0.4, -0.2) is 65.7 Å². The quantitative estimate of drug-likeness (QED) is 0.551. The summed E-state index contributed by atoms with van der Waals surface area (Å²) in [6.07, 6.45) is 0.312. The first-order chi connectivity index (χ1) is 10.4. The Morgan fingerprint density at radius 2 is 2.27 bits per heavy atom. The van der Waals surface area contributed by atoms with Gasteiger partial charge in [-0.25, -0.2) is 4.79 Å². The highest BCUT2D eigenvalue weighted by Crippen LogP contribution is 2.47. The van der Waals surface area contributed by atoms with Gasteiger partial charge in [0, 0.05) is 25.8 Å². The van der Waals surface area contributed by atoms with Gasteiger partial charge in [0.1, 0.15) is 6.04 Å². The van der Waals surface area contributed by atoms with E-state index in [1.54, 1.807) is 16.7 Å². The lowest BCUT2D eigenvalue weighted by atomic mass is 10.2. The van der Waals surface area contributed by atoms with Crippen molar-refractivity contribution in [2.75, 3.05) is 26.0 Å². The van der Waals surface area contributed by atoms with Crippen molar-refractivity contribution in [1.29, 1.82) is 0 Å². The molecule has 3 atom stereocenters. The third kappa shape index (κ3) is 3.38. The average Bonchev–Trinajstić information content (AvgIpc) is 2.96. The Kier molecular flexibility index (Phi) is 5.33. The van der Waals surface area contributed by atoms with Gasteiger partial charge in [-0.05, 0) is 20.3 Å². The molecule has 2 aliphatic heterocycles. The fourth-order valence-corrected chi connectivity index (χ4v) is 4.14. The summed E-state index contributed by atoms with van der Waals surface area (Å²) in [5.74, 6) is -0.391. The molecule has 0 aromatic heterocycles. The molecule has 0 saturated carbocycles. The maximum absolute atomic E-state index is 12.3. The Bertz CT molecular complexity index is 472. The van der Waals surface area contributed by atoms with Gasteiger partial charge in [-0.1, -0.05) is 0 Å². The maximum atomic E-state index is 12.3. The Balaban J connectivity index is 1.89. The number of nitrogens with zero attached hydrogens (tertiary/aromatic N) is 1. The standard InChI is InChI=1S/C14H22N2O5S/c1-9(12(18)15-6-7-20-3)21-13(19)10-8-22-14(2)5-4-11(17)16(10)14/h9-10H,4-8H2,1-3H3,(H,15,18)/t9-,10+,14+/m1/s1. The fraction of sp³-hybridized carbons (Fsp3) is 0.786. The number of carbonyl (C=O) groups is 3. The van der Waals surface area contributed by atoms with Crippen LogP contribution in [0.25, 0.3) is 0 Å². The third-order valence-corrected chi connectivity index (χ3v) is 5.49. The largest absolute Gasteiger partial charge is 0.451 e. The lowest BCUT2D eigenvalue weighted by molar-refractivity contribution is -0.161. The molecule has 0 radical (unpaired) electrons. The van der Waals surface area contributed by atoms with Gasteiger partial charge in [-0.2, -0.15) is 0 Å². The molecule has 8 heteroatoms. The number of rotatable bonds is 6. The van der Waals surface area contributed by atoms with Gasteiger partial charge < -0.3 is 19.7 Å². The van der Waals surface area contributed by atoms with Crippen molar-refractivity contribution in [2.24, 2.45) is 0 Å². The molecule has 2 amide bonds. The molecule has 22 heavy (non-hydrogen) atoms. The van der Waals surface area contributed by atoms with Crippen molar-refractivity contribution < 1.29 is 23.9 Å². The SMILES string of the molecule is COCCNC(=O)[C@@H](C)OC(=O)[C@@H]1CS[C@@]2(C)CCC(=O)N12. The van der Waals surface area contributed by atoms with Gasteiger partial charge >= 0.3 is 5.97 Å². The zero-order chi connectivity index (χ0) is 16.3. The first-order valence-corrected chi connectivity index (χ1v) is 8.31. The Morgan fingerprint density at radius 1 is 1.55 bits per heavy atom. The monoisotopic (exact) mass is 330 g/mol. The second kappa shape index (κ2) is 6.87. The van der Waals surface area contributed by atoms with Crippen LogP contribution in [0.15, 0.2) is 0 Å². The van der Waals surface area contributed by atoms with E-state index < -0.39 is 18.1 Å². The van der Waals surface area contributed by atoms with Crippen LogP contribution in [-0.2, 0) is 23.9 Å². The number of carbonyl (C=O) groups excluding carboxylic acids is 3. The zero-order valence-electron chi connectivity index (χ0n) is 13.1. The molecule has 1 N–H and O–H groups in total. The molecule has 2 saturated heterocycles. The van der Waals surface area contributed by atoms with Crippen LogP contribution in [0.1, 0.15) is 26.7 Å². The summed E-state index contributed by atoms with van der Waals surface area (Å²) in [5.41, 5.74) is 0. The maximum Gasteiger partial charge on any atom is 0.330 e. The molecule has 0 aromatic rings. The van der Waals surface area contributed by atoms with Crippen molar-refractivity contribution in [3.05, 3.63) is 0 Å². The minimum atomic E-state index is -0.890. The number of amides is 2. The van der Waals surface area contributed by atoms with Crippen LogP contribution in [0.2, 0.25) is 0 Å². The summed E-state index contributed by atoms with van der Waals surface area (Å²) in [6, 6.07) is -0.598. The summed E-state index contributed by atoms with van der Waals surface area (Å²) in [7, 11) is 1.54. The first kappa shape index (κ1) is 17.1. The van der Waals surface area contributed by atoms with E-state index in [0.717, 1.165) is 6.42 Å². The van der Waals surface area contributed by atoms with Gasteiger partial charge in [0.2, 0.25) is 5.91 Å². The second-order valence-corrected chi connectivity index (χ2v) is 7.13. The molecule has 0 aliphatic carbocycles. The number of ether oxygens (including phenoxy) is 2. The average molecular weight is 330 g/mol. The minimum Gasteiger partial charge on any atom is -0.451 e. The van der Waals surface area contributed by atoms with Crippen molar-refractivity contribution in [3.8, 4) is 0 Å². The summed E-state index contributed by atoms with van der Waals surface area (Å²) in [4.78, 5) is 37.4. The first-order valence-electron chi connectivity index (χ1n) is 7.32. The lowest BCUT2D eigenvalue weighted by Gasteiger charge is -2.29. The van der Waals surface area contributed by atoms with Gasteiger partial charge in [-0.3, -0.25) is 9.59 Å². The molecule has 2 heterocycles. The highest BCUT2D eigenvalue weighted by atomic mass is 32.2. The number of nitrogens with one attached hydrogen (secondary N) is 1. The Labute approximate surface area is 134 Å². The summed E-state index contributed by atoms with van der Waals surface area (Å²) in [5, 5.41) is 2.61. The van der Waals surface area contributed by atoms with E-state index in [1.165, 1.54) is 14.0 Å². The van der Waals surface area contributed by atoms with Gasteiger partial charge in [-0.15, -0.1) is 11.8 Å². The number of hydrogen-bond acceptors (Lipinski definition) is 6. The smallest absolute Gasteiger partial charge is 0.330 e. The van der Waals surface area contributed by atoms with Crippen molar-refractivity contribution in [2.45, 2.75) is 43.7 Å². The number of methoxy groups -OCH3 is 1. The molecule has 0 spiro atoms. The molecule has 7 nitrogen and oxygen atoms in total. The predicted octanol–water partition coefficient (Wildman–Crippen LogP) is 0.135. The molecule has 2 rings (SSSR count). The molecule has 0 bridgehead atoms. The van der Waals surface area contributed by atoms with Crippen LogP contribution in [0.5, 0.6) is 0 Å². The number of thioether (sulfide) groups is 1. The van der Waals surface area contributed by atoms with E-state index in [4.69, 9.17) is 9.47 Å². The minimum absolute atomic E-state index is 0.0216. The van der Waals surface area contributed by atoms with E-state index >= 15 is 0 Å². The predicted molar refractivity (Wildman–Crippen MR) is 81.2 cm³/mol. The Morgan fingerprint density at radius 3 is 2.95 bits per heavy atom. The van der Waals surface area contributed by atoms with E-state index in [2.05, 4.69) is 5.32 Å². The van der Waals surface area contributed by atoms with Gasteiger partial charge in [0.25, 0.3) is 5.91 Å². The Hall–Kier alpha value is -1.28. The van der Waals surface area contributed by atoms with Crippen molar-refractivity contribution >= 4 is 29.5 Å². The van der Waals surface area contributed by atoms with Gasteiger partial charge in [0.05, 0.1) is 11.5 Å². The highest BCUT2D eigenvalue weighted by molar-refractivity contribution is 8.01. The van der Waals surface area contributed by atoms with E-state index in [-0.39, 0.29) is 16.7 Å². The molecular formula is C14H22N2O5S. The lowest BCUT2D eigenvalue weighted by Crippen LogP contribution is -2.48. The second-order valence-electron chi connectivity index (χ2n) is 5.63. The summed E-state index contributed by atoms with van der Waals surface area (Å²) in [6.45, 7) is 4.25. The van der Waals surface area contributed by atoms with Crippen LogP contribution in [0.3, 0.4) is 0 Å². The summed E-state index contributed by atoms with van der Waals surface area (Å²) < 4.78 is 10.1. The van der Waals surface area contributed by atoms with Crippen LogP contribution in [0.4, 0.5) is 0 Å². The number of fused-ring (bicyclic) bond motifs is 1. The van der Waals surface area contributed by atoms with Crippen LogP contribution in [0, 0.1) is 0 Å². The third-order valence-electron chi connectivity index (χ3n) is 3.98. The van der Waals surface area contributed by atoms with Gasteiger partial charge in [0.15, 0.2) is 6.10 Å². The topological polar surface area (TPSA) is 84.9 Å². The number of esters is 1. The number of hydrogen-bond donors (Lipinski definition) is 1. The normalized spacial score (nSPS) is 28.4. The fourth-order valence-electron chi connectivity index (χ4n) is 2.72. The molecule has 0 aromatic carbocycles. The molecule has 2 aliphatic rings. The molecule has 124 valence electrons. The highest BCUT2D eigenvalue weighted by Gasteiger charge is 2.53. The molecular weight excluding hydrogens is 308 g/mol. The van der Waals surface area contributed by atoms with Crippen molar-refractivity contribution in [3.63, 3.8) is 0 Å². The van der Waals surface area contributed by atoms with Crippen LogP contribution >= 0.6 is 11.8 Å². The van der Waals surface area contributed by atoms with E-state index in [9.17, 15) is 14.4 Å². The van der Waals surface area contributed by atoms with Crippen LogP contribution < -0.4 is 5.32 Å². The summed E-state index contributed by atoms with van der Waals surface area (Å²) >= 11 is 1.59. The molecule has 2 fully saturated rings.